The summed E-state index contributed by atoms with van der Waals surface area (Å²) in [5.41, 5.74) is -0.393. The molecule has 2 N–H and O–H groups in total. The van der Waals surface area contributed by atoms with Crippen LogP contribution in [-0.4, -0.2) is 45.5 Å². The summed E-state index contributed by atoms with van der Waals surface area (Å²) in [6, 6.07) is 5.49. The fourth-order valence-electron chi connectivity index (χ4n) is 3.21. The molecule has 1 aliphatic carbocycles. The second-order valence-corrected chi connectivity index (χ2v) is 9.54. The molecule has 1 aromatic carbocycles. The number of hydrogen-bond donors (Lipinski definition) is 2. The van der Waals surface area contributed by atoms with Crippen LogP contribution in [0.4, 0.5) is 13.2 Å². The van der Waals surface area contributed by atoms with Crippen LogP contribution in [0.15, 0.2) is 29.3 Å². The van der Waals surface area contributed by atoms with E-state index in [-0.39, 0.29) is 18.1 Å². The van der Waals surface area contributed by atoms with Crippen molar-refractivity contribution in [3.8, 4) is 0 Å². The van der Waals surface area contributed by atoms with Crippen LogP contribution in [0.3, 0.4) is 0 Å². The molecule has 5 nitrogen and oxygen atoms in total. The molecule has 0 unspecified atom stereocenters. The second kappa shape index (κ2) is 9.15. The zero-order valence-corrected chi connectivity index (χ0v) is 17.1. The molecular formula is C19H28F3N3O2S. The van der Waals surface area contributed by atoms with Crippen LogP contribution >= 0.6 is 0 Å². The average Bonchev–Trinajstić information content (AvgIpc) is 2.60. The molecule has 2 rings (SSSR count). The maximum atomic E-state index is 13.1. The normalized spacial score (nSPS) is 17.1. The Morgan fingerprint density at radius 2 is 1.93 bits per heavy atom. The van der Waals surface area contributed by atoms with Crippen LogP contribution < -0.4 is 10.6 Å². The van der Waals surface area contributed by atoms with Gasteiger partial charge in [0.25, 0.3) is 0 Å². The Morgan fingerprint density at radius 3 is 2.46 bits per heavy atom. The standard InChI is InChI=1S/C19H28F3N3O2S/c1-3-23-17(24-11-12-28(26,27)4-2)25-14-18(9-6-10-18)15-7-5-8-16(13-15)19(20,21)22/h5,7-8,13H,3-4,6,9-12,14H2,1-2H3,(H2,23,24,25). The number of sulfone groups is 1. The Morgan fingerprint density at radius 1 is 1.21 bits per heavy atom. The van der Waals surface area contributed by atoms with Gasteiger partial charge in [-0.3, -0.25) is 4.99 Å². The average molecular weight is 420 g/mol. The van der Waals surface area contributed by atoms with Gasteiger partial charge in [0, 0.05) is 24.3 Å². The van der Waals surface area contributed by atoms with Crippen molar-refractivity contribution < 1.29 is 21.6 Å². The molecule has 28 heavy (non-hydrogen) atoms. The van der Waals surface area contributed by atoms with Crippen molar-refractivity contribution in [2.45, 2.75) is 44.7 Å². The minimum absolute atomic E-state index is 0.00663. The maximum absolute atomic E-state index is 13.1. The van der Waals surface area contributed by atoms with Crippen LogP contribution in [0, 0.1) is 0 Å². The first-order chi connectivity index (χ1) is 13.1. The highest BCUT2D eigenvalue weighted by molar-refractivity contribution is 7.91. The molecule has 1 aliphatic rings. The summed E-state index contributed by atoms with van der Waals surface area (Å²) in [6.07, 6.45) is -1.86. The van der Waals surface area contributed by atoms with Gasteiger partial charge in [0.15, 0.2) is 15.8 Å². The van der Waals surface area contributed by atoms with Gasteiger partial charge in [-0.25, -0.2) is 8.42 Å². The number of hydrogen-bond acceptors (Lipinski definition) is 3. The van der Waals surface area contributed by atoms with Crippen molar-refractivity contribution in [1.29, 1.82) is 0 Å². The minimum atomic E-state index is -4.37. The third kappa shape index (κ3) is 5.86. The summed E-state index contributed by atoms with van der Waals surface area (Å²) in [6.45, 7) is 4.68. The molecule has 158 valence electrons. The summed E-state index contributed by atoms with van der Waals surface area (Å²) in [4.78, 5) is 4.54. The van der Waals surface area contributed by atoms with E-state index in [1.165, 1.54) is 12.1 Å². The Kier molecular flexibility index (Phi) is 7.36. The molecule has 0 spiro atoms. The molecule has 0 atom stereocenters. The van der Waals surface area contributed by atoms with E-state index in [0.29, 0.717) is 24.6 Å². The molecule has 1 aromatic rings. The number of nitrogens with one attached hydrogen (secondary N) is 2. The van der Waals surface area contributed by atoms with Gasteiger partial charge in [0.1, 0.15) is 0 Å². The largest absolute Gasteiger partial charge is 0.416 e. The molecule has 9 heteroatoms. The summed E-state index contributed by atoms with van der Waals surface area (Å²) < 4.78 is 62.4. The van der Waals surface area contributed by atoms with E-state index >= 15 is 0 Å². The number of rotatable bonds is 8. The molecule has 1 saturated carbocycles. The molecule has 0 amide bonds. The highest BCUT2D eigenvalue weighted by Crippen LogP contribution is 2.45. The number of guanidine groups is 1. The first-order valence-electron chi connectivity index (χ1n) is 9.52. The summed E-state index contributed by atoms with van der Waals surface area (Å²) in [7, 11) is -3.08. The predicted molar refractivity (Wildman–Crippen MR) is 105 cm³/mol. The second-order valence-electron chi connectivity index (χ2n) is 7.07. The lowest BCUT2D eigenvalue weighted by molar-refractivity contribution is -0.137. The van der Waals surface area contributed by atoms with Gasteiger partial charge in [-0.1, -0.05) is 31.5 Å². The lowest BCUT2D eigenvalue weighted by Gasteiger charge is -2.41. The lowest BCUT2D eigenvalue weighted by Crippen LogP contribution is -2.43. The zero-order valence-electron chi connectivity index (χ0n) is 16.3. The van der Waals surface area contributed by atoms with Gasteiger partial charge < -0.3 is 10.6 Å². The molecule has 1 fully saturated rings. The molecule has 0 heterocycles. The first-order valence-corrected chi connectivity index (χ1v) is 11.3. The Balaban J connectivity index is 2.12. The van der Waals surface area contributed by atoms with Crippen LogP contribution in [0.25, 0.3) is 0 Å². The van der Waals surface area contributed by atoms with Crippen molar-refractivity contribution in [1.82, 2.24) is 10.6 Å². The lowest BCUT2D eigenvalue weighted by atomic mass is 9.64. The highest BCUT2D eigenvalue weighted by Gasteiger charge is 2.40. The van der Waals surface area contributed by atoms with E-state index in [9.17, 15) is 21.6 Å². The van der Waals surface area contributed by atoms with Gasteiger partial charge in [-0.2, -0.15) is 13.2 Å². The van der Waals surface area contributed by atoms with Crippen molar-refractivity contribution >= 4 is 15.8 Å². The smallest absolute Gasteiger partial charge is 0.357 e. The molecular weight excluding hydrogens is 391 g/mol. The van der Waals surface area contributed by atoms with Crippen LogP contribution in [0.5, 0.6) is 0 Å². The molecule has 0 bridgehead atoms. The quantitative estimate of drug-likeness (QED) is 0.502. The number of benzene rings is 1. The Hall–Kier alpha value is -1.77. The van der Waals surface area contributed by atoms with E-state index in [1.54, 1.807) is 13.0 Å². The van der Waals surface area contributed by atoms with Crippen LogP contribution in [-0.2, 0) is 21.4 Å². The van der Waals surface area contributed by atoms with E-state index in [2.05, 4.69) is 15.6 Å². The van der Waals surface area contributed by atoms with Crippen molar-refractivity contribution in [3.63, 3.8) is 0 Å². The van der Waals surface area contributed by atoms with E-state index in [0.717, 1.165) is 25.3 Å². The SMILES string of the molecule is CCNC(=NCC1(c2cccc(C(F)(F)F)c2)CCC1)NCCS(=O)(=O)CC. The molecule has 0 aliphatic heterocycles. The van der Waals surface area contributed by atoms with Crippen molar-refractivity contribution in [2.24, 2.45) is 4.99 Å². The first kappa shape index (κ1) is 22.5. The fourth-order valence-corrected chi connectivity index (χ4v) is 3.91. The van der Waals surface area contributed by atoms with Crippen LogP contribution in [0.2, 0.25) is 0 Å². The third-order valence-electron chi connectivity index (χ3n) is 5.14. The molecule has 0 saturated heterocycles. The highest BCUT2D eigenvalue weighted by atomic mass is 32.2. The van der Waals surface area contributed by atoms with Crippen molar-refractivity contribution in [3.05, 3.63) is 35.4 Å². The Labute approximate surface area is 164 Å². The number of alkyl halides is 3. The van der Waals surface area contributed by atoms with Gasteiger partial charge in [0.2, 0.25) is 0 Å². The fraction of sp³-hybridized carbons (Fsp3) is 0.632. The third-order valence-corrected chi connectivity index (χ3v) is 6.85. The van der Waals surface area contributed by atoms with E-state index < -0.39 is 27.0 Å². The van der Waals surface area contributed by atoms with Gasteiger partial charge in [-0.05, 0) is 31.4 Å². The van der Waals surface area contributed by atoms with Crippen molar-refractivity contribution in [2.75, 3.05) is 31.1 Å². The molecule has 0 radical (unpaired) electrons. The zero-order chi connectivity index (χ0) is 20.8. The number of nitrogens with zero attached hydrogens (tertiary/aromatic N) is 1. The summed E-state index contributed by atoms with van der Waals surface area (Å²) >= 11 is 0. The number of aliphatic imine (C=N–C) groups is 1. The molecule has 0 aromatic heterocycles. The Bertz CT molecular complexity index is 788. The van der Waals surface area contributed by atoms with Crippen LogP contribution in [0.1, 0.15) is 44.2 Å². The monoisotopic (exact) mass is 419 g/mol. The predicted octanol–water partition coefficient (Wildman–Crippen LogP) is 3.12. The van der Waals surface area contributed by atoms with Gasteiger partial charge in [0.05, 0.1) is 17.9 Å². The minimum Gasteiger partial charge on any atom is -0.357 e. The van der Waals surface area contributed by atoms with Gasteiger partial charge in [-0.15, -0.1) is 0 Å². The number of halogens is 3. The van der Waals surface area contributed by atoms with E-state index in [1.807, 2.05) is 6.92 Å². The maximum Gasteiger partial charge on any atom is 0.416 e. The summed E-state index contributed by atoms with van der Waals surface area (Å²) in [5, 5.41) is 6.06. The van der Waals surface area contributed by atoms with E-state index in [4.69, 9.17) is 0 Å². The summed E-state index contributed by atoms with van der Waals surface area (Å²) in [5.74, 6) is 0.570. The van der Waals surface area contributed by atoms with Gasteiger partial charge >= 0.3 is 6.18 Å². The topological polar surface area (TPSA) is 70.6 Å².